The van der Waals surface area contributed by atoms with Gasteiger partial charge in [-0.05, 0) is 32.3 Å². The standard InChI is InChI=1S/C32H30ClF5N6O4/c1-14-8-31(9-16(34)11-42(31)10-14)13-47-29-40-25-21-27(41-29)43-12-17-6-7-20(44(17)30(45)46)26(43)15(2)48-28(21)39-24(23(25)35)18-4-3-5-19(33)22(18)32(36,37)38/h3-5,15-17,20,26H,1,6-13H2,2H3,(H,45,46)/t15?,16-,17?,20?,26?,31?/m1/s1. The second kappa shape index (κ2) is 10.8. The van der Waals surface area contributed by atoms with E-state index in [-0.39, 0.29) is 60.8 Å². The number of benzene rings is 1. The van der Waals surface area contributed by atoms with Crippen molar-refractivity contribution in [3.8, 4) is 23.1 Å². The number of ether oxygens (including phenoxy) is 2. The lowest BCUT2D eigenvalue weighted by molar-refractivity contribution is -0.137. The quantitative estimate of drug-likeness (QED) is 0.257. The van der Waals surface area contributed by atoms with E-state index in [1.807, 2.05) is 9.80 Å². The molecule has 2 bridgehead atoms. The topological polar surface area (TPSA) is 104 Å². The highest BCUT2D eigenvalue weighted by molar-refractivity contribution is 6.31. The van der Waals surface area contributed by atoms with Crippen LogP contribution in [0.25, 0.3) is 22.2 Å². The largest absolute Gasteiger partial charge is 0.472 e. The summed E-state index contributed by atoms with van der Waals surface area (Å²) in [6.07, 6.45) is -6.03. The molecule has 6 atom stereocenters. The summed E-state index contributed by atoms with van der Waals surface area (Å²) in [5.74, 6) is -1.21. The number of hydrogen-bond acceptors (Lipinski definition) is 8. The van der Waals surface area contributed by atoms with E-state index in [1.54, 1.807) is 6.92 Å². The van der Waals surface area contributed by atoms with E-state index < -0.39 is 69.8 Å². The van der Waals surface area contributed by atoms with E-state index in [2.05, 4.69) is 16.5 Å². The molecule has 1 amide bonds. The first kappa shape index (κ1) is 31.3. The third kappa shape index (κ3) is 4.67. The third-order valence-corrected chi connectivity index (χ3v) is 10.7. The highest BCUT2D eigenvalue weighted by Gasteiger charge is 2.54. The van der Waals surface area contributed by atoms with Crippen LogP contribution in [0.1, 0.15) is 38.2 Å². The number of hydrogen-bond donors (Lipinski definition) is 1. The Hall–Kier alpha value is -3.98. The van der Waals surface area contributed by atoms with Gasteiger partial charge < -0.3 is 19.5 Å². The van der Waals surface area contributed by atoms with Crippen molar-refractivity contribution in [2.45, 2.75) is 74.7 Å². The number of amides is 1. The zero-order valence-electron chi connectivity index (χ0n) is 25.6. The van der Waals surface area contributed by atoms with E-state index in [0.29, 0.717) is 25.8 Å². The molecule has 0 aliphatic carbocycles. The maximum Gasteiger partial charge on any atom is 0.418 e. The molecule has 0 spiro atoms. The summed E-state index contributed by atoms with van der Waals surface area (Å²) in [7, 11) is 0. The number of nitrogens with zero attached hydrogens (tertiary/aromatic N) is 6. The number of aromatic nitrogens is 3. The average molecular weight is 693 g/mol. The second-order valence-corrected chi connectivity index (χ2v) is 13.8. The fourth-order valence-electron chi connectivity index (χ4n) is 8.62. The number of carboxylic acid groups (broad SMARTS) is 1. The molecule has 7 heterocycles. The minimum Gasteiger partial charge on any atom is -0.472 e. The van der Waals surface area contributed by atoms with Gasteiger partial charge in [-0.1, -0.05) is 35.9 Å². The van der Waals surface area contributed by atoms with Crippen molar-refractivity contribution in [1.82, 2.24) is 24.8 Å². The van der Waals surface area contributed by atoms with Gasteiger partial charge in [0.05, 0.1) is 34.3 Å². The molecule has 5 unspecified atom stereocenters. The van der Waals surface area contributed by atoms with Gasteiger partial charge in [-0.25, -0.2) is 18.6 Å². The summed E-state index contributed by atoms with van der Waals surface area (Å²) in [5, 5.41) is 9.44. The average Bonchev–Trinajstić information content (AvgIpc) is 3.57. The van der Waals surface area contributed by atoms with Gasteiger partial charge >= 0.3 is 18.3 Å². The van der Waals surface area contributed by atoms with E-state index in [4.69, 9.17) is 26.1 Å². The Kier molecular flexibility index (Phi) is 7.02. The van der Waals surface area contributed by atoms with Crippen molar-refractivity contribution in [3.63, 3.8) is 0 Å². The van der Waals surface area contributed by atoms with E-state index in [1.165, 1.54) is 11.0 Å². The summed E-state index contributed by atoms with van der Waals surface area (Å²) in [6, 6.07) is 1.62. The number of carbonyl (C=O) groups is 1. The Morgan fingerprint density at radius 1 is 1.23 bits per heavy atom. The van der Waals surface area contributed by atoms with Crippen LogP contribution in [0.5, 0.6) is 11.9 Å². The molecule has 48 heavy (non-hydrogen) atoms. The summed E-state index contributed by atoms with van der Waals surface area (Å²) in [4.78, 5) is 30.9. The van der Waals surface area contributed by atoms with Crippen LogP contribution >= 0.6 is 11.6 Å². The van der Waals surface area contributed by atoms with E-state index >= 15 is 4.39 Å². The Morgan fingerprint density at radius 2 is 2.02 bits per heavy atom. The Labute approximate surface area is 276 Å². The van der Waals surface area contributed by atoms with Crippen molar-refractivity contribution in [3.05, 3.63) is 46.8 Å². The van der Waals surface area contributed by atoms with Gasteiger partial charge in [0.1, 0.15) is 41.3 Å². The molecule has 8 rings (SSSR count). The van der Waals surface area contributed by atoms with Crippen LogP contribution in [0, 0.1) is 5.82 Å². The third-order valence-electron chi connectivity index (χ3n) is 10.4. The number of halogens is 6. The number of piperazine rings is 1. The van der Waals surface area contributed by atoms with Gasteiger partial charge in [-0.3, -0.25) is 9.80 Å². The Bertz CT molecular complexity index is 1880. The predicted octanol–water partition coefficient (Wildman–Crippen LogP) is 6.10. The molecule has 5 aliphatic heterocycles. The molecule has 10 nitrogen and oxygen atoms in total. The molecule has 1 N–H and O–H groups in total. The molecule has 0 radical (unpaired) electrons. The van der Waals surface area contributed by atoms with Gasteiger partial charge in [0.15, 0.2) is 5.82 Å². The molecule has 4 fully saturated rings. The van der Waals surface area contributed by atoms with Gasteiger partial charge in [-0.2, -0.15) is 23.1 Å². The first-order chi connectivity index (χ1) is 22.8. The molecule has 254 valence electrons. The van der Waals surface area contributed by atoms with E-state index in [0.717, 1.165) is 17.7 Å². The molecular weight excluding hydrogens is 663 g/mol. The summed E-state index contributed by atoms with van der Waals surface area (Å²) in [6.45, 7) is 6.66. The highest BCUT2D eigenvalue weighted by Crippen LogP contribution is 2.49. The highest BCUT2D eigenvalue weighted by atomic mass is 35.5. The normalized spacial score (nSPS) is 29.6. The number of alkyl halides is 4. The minimum absolute atomic E-state index is 0.0236. The second-order valence-electron chi connectivity index (χ2n) is 13.4. The van der Waals surface area contributed by atoms with Gasteiger partial charge in [0.2, 0.25) is 5.88 Å². The van der Waals surface area contributed by atoms with Crippen molar-refractivity contribution >= 4 is 34.4 Å². The summed E-state index contributed by atoms with van der Waals surface area (Å²) in [5.41, 5.74) is -2.73. The van der Waals surface area contributed by atoms with Crippen LogP contribution in [0.4, 0.5) is 32.6 Å². The lowest BCUT2D eigenvalue weighted by Gasteiger charge is -2.47. The van der Waals surface area contributed by atoms with Crippen molar-refractivity contribution in [2.75, 3.05) is 31.1 Å². The number of rotatable bonds is 4. The maximum atomic E-state index is 16.8. The van der Waals surface area contributed by atoms with Crippen molar-refractivity contribution in [2.24, 2.45) is 0 Å². The van der Waals surface area contributed by atoms with Crippen LogP contribution in [-0.2, 0) is 6.18 Å². The van der Waals surface area contributed by atoms with Crippen LogP contribution in [0.3, 0.4) is 0 Å². The molecule has 1 aromatic carbocycles. The summed E-state index contributed by atoms with van der Waals surface area (Å²) < 4.78 is 86.6. The smallest absolute Gasteiger partial charge is 0.418 e. The van der Waals surface area contributed by atoms with Crippen LogP contribution in [0.2, 0.25) is 5.02 Å². The number of pyridine rings is 1. The summed E-state index contributed by atoms with van der Waals surface area (Å²) >= 11 is 6.00. The number of anilines is 1. The van der Waals surface area contributed by atoms with Crippen molar-refractivity contribution in [1.29, 1.82) is 0 Å². The van der Waals surface area contributed by atoms with E-state index in [9.17, 15) is 27.5 Å². The lowest BCUT2D eigenvalue weighted by Crippen LogP contribution is -2.64. The van der Waals surface area contributed by atoms with Crippen LogP contribution < -0.4 is 14.4 Å². The maximum absolute atomic E-state index is 16.8. The Balaban J connectivity index is 1.31. The first-order valence-corrected chi connectivity index (χ1v) is 16.0. The lowest BCUT2D eigenvalue weighted by atomic mass is 9.93. The fraction of sp³-hybridized carbons (Fsp3) is 0.500. The van der Waals surface area contributed by atoms with Gasteiger partial charge in [-0.15, -0.1) is 0 Å². The van der Waals surface area contributed by atoms with Crippen LogP contribution in [0.15, 0.2) is 30.4 Å². The van der Waals surface area contributed by atoms with Crippen molar-refractivity contribution < 1.29 is 41.3 Å². The predicted molar refractivity (Wildman–Crippen MR) is 164 cm³/mol. The Morgan fingerprint density at radius 3 is 2.77 bits per heavy atom. The van der Waals surface area contributed by atoms with Gasteiger partial charge in [0.25, 0.3) is 0 Å². The fourth-order valence-corrected chi connectivity index (χ4v) is 8.90. The molecule has 5 aliphatic rings. The number of fused-ring (bicyclic) bond motifs is 6. The molecule has 3 aromatic rings. The monoisotopic (exact) mass is 692 g/mol. The van der Waals surface area contributed by atoms with Gasteiger partial charge in [0, 0.05) is 31.6 Å². The SMILES string of the molecule is C=C1CN2C[C@H](F)CC2(COc2nc3c4c(nc(-c5cccc(Cl)c5C(F)(F)F)c(F)c4n2)OC(C)C2C4CCC(CN32)N4C(=O)O)C1. The molecule has 4 saturated heterocycles. The molecular formula is C32H30ClF5N6O4. The molecule has 16 heteroatoms. The zero-order valence-corrected chi connectivity index (χ0v) is 26.4. The molecule has 0 saturated carbocycles. The molecule has 2 aromatic heterocycles. The minimum atomic E-state index is -4.95. The first-order valence-electron chi connectivity index (χ1n) is 15.7. The zero-order chi connectivity index (χ0) is 33.9. The van der Waals surface area contributed by atoms with Crippen LogP contribution in [-0.4, -0.2) is 98.1 Å².